The summed E-state index contributed by atoms with van der Waals surface area (Å²) in [6, 6.07) is 19.3. The zero-order valence-corrected chi connectivity index (χ0v) is 17.7. The van der Waals surface area contributed by atoms with Crippen molar-refractivity contribution in [2.45, 2.75) is 25.9 Å². The van der Waals surface area contributed by atoms with Gasteiger partial charge in [-0.2, -0.15) is 0 Å². The fourth-order valence-corrected chi connectivity index (χ4v) is 3.19. The number of para-hydroxylation sites is 1. The van der Waals surface area contributed by atoms with Gasteiger partial charge in [-0.15, -0.1) is 0 Å². The lowest BCUT2D eigenvalue weighted by atomic mass is 10.0. The molecule has 3 aromatic rings. The Labute approximate surface area is 182 Å². The van der Waals surface area contributed by atoms with Gasteiger partial charge in [-0.05, 0) is 29.8 Å². The Morgan fingerprint density at radius 1 is 1.03 bits per heavy atom. The number of carbonyl (C=O) groups excluding carboxylic acids is 2. The average Bonchev–Trinajstić information content (AvgIpc) is 2.78. The minimum Gasteiger partial charge on any atom is -0.357 e. The molecule has 1 atom stereocenters. The SMILES string of the molecule is CNC(=O)C(Cc1ccc(C#CCNCc2ccc3ccccc3n2)cc1)NC(C)=O. The molecule has 6 nitrogen and oxygen atoms in total. The van der Waals surface area contributed by atoms with Crippen LogP contribution >= 0.6 is 0 Å². The molecule has 0 aliphatic heterocycles. The monoisotopic (exact) mass is 414 g/mol. The Bertz CT molecular complexity index is 1110. The van der Waals surface area contributed by atoms with E-state index in [1.54, 1.807) is 7.05 Å². The third-order valence-corrected chi connectivity index (χ3v) is 4.74. The summed E-state index contributed by atoms with van der Waals surface area (Å²) in [5, 5.41) is 9.67. The first-order chi connectivity index (χ1) is 15.0. The van der Waals surface area contributed by atoms with E-state index in [-0.39, 0.29) is 11.8 Å². The van der Waals surface area contributed by atoms with Crippen molar-refractivity contribution < 1.29 is 9.59 Å². The molecule has 158 valence electrons. The minimum atomic E-state index is -0.590. The van der Waals surface area contributed by atoms with Crippen molar-refractivity contribution in [3.05, 3.63) is 77.5 Å². The van der Waals surface area contributed by atoms with Crippen LogP contribution in [0.4, 0.5) is 0 Å². The summed E-state index contributed by atoms with van der Waals surface area (Å²) in [6.07, 6.45) is 0.424. The second-order valence-corrected chi connectivity index (χ2v) is 7.17. The number of carbonyl (C=O) groups is 2. The minimum absolute atomic E-state index is 0.217. The van der Waals surface area contributed by atoms with Gasteiger partial charge in [0.2, 0.25) is 11.8 Å². The van der Waals surface area contributed by atoms with Crippen LogP contribution in [0.5, 0.6) is 0 Å². The van der Waals surface area contributed by atoms with Crippen molar-refractivity contribution in [1.82, 2.24) is 20.9 Å². The molecular weight excluding hydrogens is 388 g/mol. The molecule has 2 aromatic carbocycles. The summed E-state index contributed by atoms with van der Waals surface area (Å²) in [4.78, 5) is 27.9. The number of aromatic nitrogens is 1. The molecule has 0 spiro atoms. The highest BCUT2D eigenvalue weighted by Crippen LogP contribution is 2.11. The average molecular weight is 415 g/mol. The van der Waals surface area contributed by atoms with Gasteiger partial charge in [0.25, 0.3) is 0 Å². The van der Waals surface area contributed by atoms with Crippen LogP contribution in [0, 0.1) is 11.8 Å². The first-order valence-electron chi connectivity index (χ1n) is 10.2. The highest BCUT2D eigenvalue weighted by Gasteiger charge is 2.18. The molecule has 1 heterocycles. The Morgan fingerprint density at radius 3 is 2.55 bits per heavy atom. The molecule has 3 rings (SSSR count). The maximum absolute atomic E-state index is 11.9. The van der Waals surface area contributed by atoms with Crippen molar-refractivity contribution in [2.24, 2.45) is 0 Å². The van der Waals surface area contributed by atoms with Crippen LogP contribution in [-0.2, 0) is 22.6 Å². The van der Waals surface area contributed by atoms with Crippen molar-refractivity contribution >= 4 is 22.7 Å². The summed E-state index contributed by atoms with van der Waals surface area (Å²) in [7, 11) is 1.56. The van der Waals surface area contributed by atoms with Gasteiger partial charge >= 0.3 is 0 Å². The zero-order chi connectivity index (χ0) is 22.1. The smallest absolute Gasteiger partial charge is 0.242 e. The van der Waals surface area contributed by atoms with Gasteiger partial charge in [0.15, 0.2) is 0 Å². The molecule has 0 fully saturated rings. The quantitative estimate of drug-likeness (QED) is 0.409. The fraction of sp³-hybridized carbons (Fsp3) is 0.240. The largest absolute Gasteiger partial charge is 0.357 e. The standard InChI is InChI=1S/C25H26N4O2/c1-18(30)28-24(25(31)26-2)16-20-11-9-19(10-12-20)6-5-15-27-17-22-14-13-21-7-3-4-8-23(21)29-22/h3-4,7-14,24,27H,15-17H2,1-2H3,(H,26,31)(H,28,30). The lowest BCUT2D eigenvalue weighted by molar-refractivity contribution is -0.127. The molecule has 0 radical (unpaired) electrons. The first kappa shape index (κ1) is 22.0. The molecule has 1 unspecified atom stereocenters. The van der Waals surface area contributed by atoms with Crippen LogP contribution < -0.4 is 16.0 Å². The molecule has 6 heteroatoms. The number of hydrogen-bond acceptors (Lipinski definition) is 4. The van der Waals surface area contributed by atoms with Crippen LogP contribution in [0.25, 0.3) is 10.9 Å². The van der Waals surface area contributed by atoms with E-state index in [1.807, 2.05) is 48.5 Å². The molecular formula is C25H26N4O2. The highest BCUT2D eigenvalue weighted by atomic mass is 16.2. The van der Waals surface area contributed by atoms with Crippen molar-refractivity contribution in [2.75, 3.05) is 13.6 Å². The second kappa shape index (κ2) is 10.9. The van der Waals surface area contributed by atoms with Crippen molar-refractivity contribution in [3.8, 4) is 11.8 Å². The number of fused-ring (bicyclic) bond motifs is 1. The Kier molecular flexibility index (Phi) is 7.74. The molecule has 0 bridgehead atoms. The number of likely N-dealkylation sites (N-methyl/N-ethyl adjacent to an activating group) is 1. The molecule has 3 N–H and O–H groups in total. The molecule has 0 saturated heterocycles. The number of nitrogens with one attached hydrogen (secondary N) is 3. The van der Waals surface area contributed by atoms with E-state index in [0.717, 1.165) is 27.7 Å². The van der Waals surface area contributed by atoms with Crippen molar-refractivity contribution in [3.63, 3.8) is 0 Å². The third kappa shape index (κ3) is 6.66. The van der Waals surface area contributed by atoms with E-state index in [2.05, 4.69) is 44.9 Å². The van der Waals surface area contributed by atoms with Gasteiger partial charge < -0.3 is 16.0 Å². The number of amides is 2. The number of nitrogens with zero attached hydrogens (tertiary/aromatic N) is 1. The number of benzene rings is 2. The molecule has 0 aliphatic carbocycles. The van der Waals surface area contributed by atoms with Gasteiger partial charge in [-0.1, -0.05) is 48.2 Å². The van der Waals surface area contributed by atoms with Crippen LogP contribution in [0.3, 0.4) is 0 Å². The van der Waals surface area contributed by atoms with Crippen LogP contribution in [-0.4, -0.2) is 36.4 Å². The highest BCUT2D eigenvalue weighted by molar-refractivity contribution is 5.86. The first-order valence-corrected chi connectivity index (χ1v) is 10.2. The molecule has 2 amide bonds. The van der Waals surface area contributed by atoms with Crippen LogP contribution in [0.15, 0.2) is 60.7 Å². The van der Waals surface area contributed by atoms with Gasteiger partial charge in [0.1, 0.15) is 6.04 Å². The molecule has 1 aromatic heterocycles. The van der Waals surface area contributed by atoms with Crippen LogP contribution in [0.1, 0.15) is 23.7 Å². The van der Waals surface area contributed by atoms with E-state index in [0.29, 0.717) is 19.5 Å². The number of pyridine rings is 1. The summed E-state index contributed by atoms with van der Waals surface area (Å²) < 4.78 is 0. The maximum Gasteiger partial charge on any atom is 0.242 e. The molecule has 31 heavy (non-hydrogen) atoms. The van der Waals surface area contributed by atoms with E-state index in [4.69, 9.17) is 0 Å². The summed E-state index contributed by atoms with van der Waals surface area (Å²) in [5.41, 5.74) is 3.82. The predicted octanol–water partition coefficient (Wildman–Crippen LogP) is 2.17. The van der Waals surface area contributed by atoms with Gasteiger partial charge in [-0.25, -0.2) is 0 Å². The Balaban J connectivity index is 1.50. The number of hydrogen-bond donors (Lipinski definition) is 3. The predicted molar refractivity (Wildman–Crippen MR) is 122 cm³/mol. The Hall–Kier alpha value is -3.69. The van der Waals surface area contributed by atoms with Gasteiger partial charge in [-0.3, -0.25) is 14.6 Å². The lowest BCUT2D eigenvalue weighted by Crippen LogP contribution is -2.46. The summed E-state index contributed by atoms with van der Waals surface area (Å²) in [6.45, 7) is 2.61. The Morgan fingerprint density at radius 2 is 1.81 bits per heavy atom. The van der Waals surface area contributed by atoms with Crippen LogP contribution in [0.2, 0.25) is 0 Å². The normalized spacial score (nSPS) is 11.3. The van der Waals surface area contributed by atoms with Gasteiger partial charge in [0.05, 0.1) is 17.8 Å². The lowest BCUT2D eigenvalue weighted by Gasteiger charge is -2.16. The molecule has 0 aliphatic rings. The van der Waals surface area contributed by atoms with E-state index < -0.39 is 6.04 Å². The zero-order valence-electron chi connectivity index (χ0n) is 17.7. The third-order valence-electron chi connectivity index (χ3n) is 4.74. The topological polar surface area (TPSA) is 83.1 Å². The fourth-order valence-electron chi connectivity index (χ4n) is 3.19. The van der Waals surface area contributed by atoms with Gasteiger partial charge in [0, 0.05) is 37.9 Å². The maximum atomic E-state index is 11.9. The number of rotatable bonds is 7. The van der Waals surface area contributed by atoms with E-state index >= 15 is 0 Å². The van der Waals surface area contributed by atoms with Crippen molar-refractivity contribution in [1.29, 1.82) is 0 Å². The summed E-state index contributed by atoms with van der Waals surface area (Å²) >= 11 is 0. The van der Waals surface area contributed by atoms with E-state index in [1.165, 1.54) is 6.92 Å². The van der Waals surface area contributed by atoms with E-state index in [9.17, 15) is 9.59 Å². The summed E-state index contributed by atoms with van der Waals surface area (Å²) in [5.74, 6) is 5.79. The molecule has 0 saturated carbocycles. The second-order valence-electron chi connectivity index (χ2n) is 7.17.